The molecule has 2 amide bonds. The number of hydrogen-bond acceptors (Lipinski definition) is 6. The molecule has 0 spiro atoms. The van der Waals surface area contributed by atoms with Gasteiger partial charge in [-0.15, -0.1) is 0 Å². The Morgan fingerprint density at radius 3 is 2.32 bits per heavy atom. The van der Waals surface area contributed by atoms with Gasteiger partial charge in [-0.25, -0.2) is 8.42 Å². The average Bonchev–Trinajstić information content (AvgIpc) is 2.87. The second-order valence-corrected chi connectivity index (χ2v) is 11.6. The second-order valence-electron chi connectivity index (χ2n) is 9.12. The minimum absolute atomic E-state index is 0.127. The molecule has 1 atom stereocenters. The summed E-state index contributed by atoms with van der Waals surface area (Å²) in [7, 11) is -2.24. The van der Waals surface area contributed by atoms with Crippen LogP contribution in [0.15, 0.2) is 54.6 Å². The van der Waals surface area contributed by atoms with Gasteiger partial charge in [0.05, 0.1) is 26.0 Å². The maximum absolute atomic E-state index is 13.6. The molecule has 11 heteroatoms. The number of hydrogen-bond donors (Lipinski definition) is 1. The minimum atomic E-state index is -3.59. The highest BCUT2D eigenvalue weighted by Crippen LogP contribution is 2.17. The minimum Gasteiger partial charge on any atom is -0.379 e. The van der Waals surface area contributed by atoms with Crippen LogP contribution in [0.2, 0.25) is 5.02 Å². The lowest BCUT2D eigenvalue weighted by molar-refractivity contribution is -0.141. The van der Waals surface area contributed by atoms with Crippen molar-refractivity contribution in [3.05, 3.63) is 70.7 Å². The molecular weight excluding hydrogens is 516 g/mol. The fourth-order valence-electron chi connectivity index (χ4n) is 4.02. The summed E-state index contributed by atoms with van der Waals surface area (Å²) >= 11 is 6.04. The molecule has 1 N–H and O–H groups in total. The van der Waals surface area contributed by atoms with E-state index in [-0.39, 0.29) is 25.4 Å². The van der Waals surface area contributed by atoms with E-state index in [2.05, 4.69) is 10.2 Å². The van der Waals surface area contributed by atoms with Crippen molar-refractivity contribution in [2.24, 2.45) is 0 Å². The van der Waals surface area contributed by atoms with Crippen LogP contribution >= 0.6 is 11.6 Å². The van der Waals surface area contributed by atoms with Crippen LogP contribution in [-0.4, -0.2) is 99.6 Å². The molecule has 0 radical (unpaired) electrons. The molecule has 1 aliphatic rings. The maximum atomic E-state index is 13.6. The van der Waals surface area contributed by atoms with Crippen LogP contribution in [0.1, 0.15) is 11.1 Å². The van der Waals surface area contributed by atoms with Crippen molar-refractivity contribution in [1.29, 1.82) is 0 Å². The van der Waals surface area contributed by atoms with E-state index in [0.29, 0.717) is 31.3 Å². The van der Waals surface area contributed by atoms with Crippen molar-refractivity contribution in [3.8, 4) is 0 Å². The molecule has 0 aliphatic carbocycles. The first-order valence-corrected chi connectivity index (χ1v) is 14.4. The average molecular weight is 551 g/mol. The van der Waals surface area contributed by atoms with Crippen molar-refractivity contribution in [1.82, 2.24) is 19.4 Å². The van der Waals surface area contributed by atoms with E-state index in [1.165, 1.54) is 11.9 Å². The molecule has 1 aliphatic heterocycles. The van der Waals surface area contributed by atoms with Crippen LogP contribution in [0.3, 0.4) is 0 Å². The summed E-state index contributed by atoms with van der Waals surface area (Å²) in [6, 6.07) is 15.6. The molecule has 2 aromatic rings. The highest BCUT2D eigenvalue weighted by atomic mass is 35.5. The van der Waals surface area contributed by atoms with Crippen molar-refractivity contribution < 1.29 is 22.7 Å². The Bertz CT molecular complexity index is 1130. The quantitative estimate of drug-likeness (QED) is 0.431. The zero-order valence-corrected chi connectivity index (χ0v) is 22.9. The van der Waals surface area contributed by atoms with E-state index in [1.807, 2.05) is 30.3 Å². The van der Waals surface area contributed by atoms with E-state index >= 15 is 0 Å². The number of nitrogens with one attached hydrogen (secondary N) is 1. The predicted octanol–water partition coefficient (Wildman–Crippen LogP) is 1.62. The number of sulfonamides is 1. The Labute approximate surface area is 224 Å². The number of nitrogens with zero attached hydrogens (tertiary/aromatic N) is 3. The SMILES string of the molecule is CN(CC(=O)N(Cc1ccc(Cl)cc1)[C@H](Cc1ccccc1)C(=O)NCCN1CCOCC1)S(C)(=O)=O. The number of carbonyl (C=O) groups is 2. The third kappa shape index (κ3) is 9.39. The normalized spacial score (nSPS) is 15.4. The maximum Gasteiger partial charge on any atom is 0.243 e. The van der Waals surface area contributed by atoms with Crippen molar-refractivity contribution >= 4 is 33.4 Å². The summed E-state index contributed by atoms with van der Waals surface area (Å²) in [5.41, 5.74) is 1.67. The number of halogens is 1. The standard InChI is InChI=1S/C26H35ClN4O5S/c1-29(37(2,34)35)20-25(32)31(19-22-8-10-23(27)11-9-22)24(18-21-6-4-3-5-7-21)26(33)28-12-13-30-14-16-36-17-15-30/h3-11,24H,12-20H2,1-2H3,(H,28,33)/t24-/m1/s1. The fraction of sp³-hybridized carbons (Fsp3) is 0.462. The summed E-state index contributed by atoms with van der Waals surface area (Å²) in [6.45, 7) is 3.81. The van der Waals surface area contributed by atoms with Crippen LogP contribution < -0.4 is 5.32 Å². The van der Waals surface area contributed by atoms with Crippen molar-refractivity contribution in [2.45, 2.75) is 19.0 Å². The smallest absolute Gasteiger partial charge is 0.243 e. The molecule has 3 rings (SSSR count). The fourth-order valence-corrected chi connectivity index (χ4v) is 4.49. The molecule has 1 saturated heterocycles. The zero-order valence-electron chi connectivity index (χ0n) is 21.3. The molecule has 2 aromatic carbocycles. The van der Waals surface area contributed by atoms with Crippen LogP contribution in [0, 0.1) is 0 Å². The van der Waals surface area contributed by atoms with Gasteiger partial charge in [0, 0.05) is 51.2 Å². The van der Waals surface area contributed by atoms with Crippen molar-refractivity contribution in [3.63, 3.8) is 0 Å². The van der Waals surface area contributed by atoms with Gasteiger partial charge in [-0.3, -0.25) is 14.5 Å². The van der Waals surface area contributed by atoms with Crippen molar-refractivity contribution in [2.75, 3.05) is 59.2 Å². The Morgan fingerprint density at radius 1 is 1.05 bits per heavy atom. The second kappa shape index (κ2) is 13.9. The van der Waals surface area contributed by atoms with Gasteiger partial charge in [0.1, 0.15) is 6.04 Å². The molecule has 0 bridgehead atoms. The molecule has 0 saturated carbocycles. The summed E-state index contributed by atoms with van der Waals surface area (Å²) in [5, 5.41) is 3.55. The Morgan fingerprint density at radius 2 is 1.70 bits per heavy atom. The molecule has 202 valence electrons. The van der Waals surface area contributed by atoms with E-state index in [4.69, 9.17) is 16.3 Å². The third-order valence-electron chi connectivity index (χ3n) is 6.29. The zero-order chi connectivity index (χ0) is 26.8. The highest BCUT2D eigenvalue weighted by Gasteiger charge is 2.32. The lowest BCUT2D eigenvalue weighted by Gasteiger charge is -2.33. The topological polar surface area (TPSA) is 99.3 Å². The highest BCUT2D eigenvalue weighted by molar-refractivity contribution is 7.88. The Balaban J connectivity index is 1.85. The molecule has 37 heavy (non-hydrogen) atoms. The third-order valence-corrected chi connectivity index (χ3v) is 7.81. The molecule has 1 fully saturated rings. The number of ether oxygens (including phenoxy) is 1. The van der Waals surface area contributed by atoms with Gasteiger partial charge in [-0.05, 0) is 23.3 Å². The number of carbonyl (C=O) groups excluding carboxylic acids is 2. The van der Waals surface area contributed by atoms with Gasteiger partial charge in [0.15, 0.2) is 0 Å². The monoisotopic (exact) mass is 550 g/mol. The van der Waals surface area contributed by atoms with Gasteiger partial charge in [0.25, 0.3) is 0 Å². The van der Waals surface area contributed by atoms with Gasteiger partial charge in [-0.2, -0.15) is 4.31 Å². The summed E-state index contributed by atoms with van der Waals surface area (Å²) < 4.78 is 30.4. The number of benzene rings is 2. The number of amides is 2. The number of likely N-dealkylation sites (N-methyl/N-ethyl adjacent to an activating group) is 1. The Kier molecular flexibility index (Phi) is 10.9. The van der Waals surface area contributed by atoms with Crippen LogP contribution in [0.25, 0.3) is 0 Å². The number of rotatable bonds is 12. The van der Waals surface area contributed by atoms with Gasteiger partial charge >= 0.3 is 0 Å². The van der Waals surface area contributed by atoms with E-state index in [0.717, 1.165) is 34.8 Å². The lowest BCUT2D eigenvalue weighted by atomic mass is 10.0. The molecular formula is C26H35ClN4O5S. The molecule has 9 nitrogen and oxygen atoms in total. The Hall–Kier alpha value is -2.50. The molecule has 0 aromatic heterocycles. The van der Waals surface area contributed by atoms with Gasteiger partial charge < -0.3 is 15.0 Å². The van der Waals surface area contributed by atoms with Gasteiger partial charge in [0.2, 0.25) is 21.8 Å². The summed E-state index contributed by atoms with van der Waals surface area (Å²) in [6.07, 6.45) is 1.33. The first-order valence-electron chi connectivity index (χ1n) is 12.2. The number of morpholine rings is 1. The first kappa shape index (κ1) is 29.1. The van der Waals surface area contributed by atoms with E-state index in [9.17, 15) is 18.0 Å². The predicted molar refractivity (Wildman–Crippen MR) is 144 cm³/mol. The van der Waals surface area contributed by atoms with Gasteiger partial charge in [-0.1, -0.05) is 54.1 Å². The first-order chi connectivity index (χ1) is 17.6. The lowest BCUT2D eigenvalue weighted by Crippen LogP contribution is -2.53. The summed E-state index contributed by atoms with van der Waals surface area (Å²) in [5.74, 6) is -0.756. The van der Waals surface area contributed by atoms with Crippen LogP contribution in [-0.2, 0) is 37.3 Å². The van der Waals surface area contributed by atoms with E-state index < -0.39 is 22.0 Å². The largest absolute Gasteiger partial charge is 0.379 e. The van der Waals surface area contributed by atoms with E-state index in [1.54, 1.807) is 24.3 Å². The van der Waals surface area contributed by atoms with Crippen LogP contribution in [0.4, 0.5) is 0 Å². The summed E-state index contributed by atoms with van der Waals surface area (Å²) in [4.78, 5) is 30.8. The van der Waals surface area contributed by atoms with Crippen LogP contribution in [0.5, 0.6) is 0 Å². The molecule has 1 heterocycles. The molecule has 0 unspecified atom stereocenters.